The van der Waals surface area contributed by atoms with Crippen LogP contribution in [-0.2, 0) is 9.53 Å². The lowest BCUT2D eigenvalue weighted by Gasteiger charge is -2.43. The molecule has 3 aliphatic heterocycles. The number of hydrogen-bond donors (Lipinski definition) is 1. The molecule has 180 valence electrons. The van der Waals surface area contributed by atoms with Crippen LogP contribution in [0.1, 0.15) is 19.3 Å². The number of nitrogens with one attached hydrogen (secondary N) is 1. The molecule has 0 saturated carbocycles. The van der Waals surface area contributed by atoms with Gasteiger partial charge in [0.2, 0.25) is 5.91 Å². The smallest absolute Gasteiger partial charge is 0.320 e. The first-order valence-corrected chi connectivity index (χ1v) is 12.4. The molecule has 1 N–H and O–H groups in total. The van der Waals surface area contributed by atoms with E-state index in [9.17, 15) is 9.59 Å². The lowest BCUT2D eigenvalue weighted by molar-refractivity contribution is -0.139. The van der Waals surface area contributed by atoms with Gasteiger partial charge >= 0.3 is 6.03 Å². The van der Waals surface area contributed by atoms with Gasteiger partial charge in [-0.2, -0.15) is 0 Å². The number of amides is 3. The number of nitrogens with zero attached hydrogens (tertiary/aromatic N) is 2. The standard InChI is InChI=1S/C25H27Cl2N3O4/c26-17-3-1-16(2-4-17)20-13-19(5-6-21(20)27)34-18-7-10-29(11-8-18)25(32)30-12-9-23-22(14-30)28-24(31)15-33-23/h1-6,13,18,22-23H,7-12,14-15H2,(H,28,31)/t22?,23-/m0/s1. The third kappa shape index (κ3) is 5.11. The molecule has 0 aliphatic carbocycles. The van der Waals surface area contributed by atoms with Crippen LogP contribution in [0.4, 0.5) is 4.79 Å². The Kier molecular flexibility index (Phi) is 6.86. The molecule has 9 heteroatoms. The molecule has 0 radical (unpaired) electrons. The highest BCUT2D eigenvalue weighted by atomic mass is 35.5. The van der Waals surface area contributed by atoms with E-state index in [0.717, 1.165) is 36.1 Å². The first-order chi connectivity index (χ1) is 16.5. The van der Waals surface area contributed by atoms with Crippen LogP contribution in [0, 0.1) is 0 Å². The minimum atomic E-state index is -0.125. The Labute approximate surface area is 208 Å². The topological polar surface area (TPSA) is 71.1 Å². The molecule has 2 atom stereocenters. The SMILES string of the molecule is O=C1CO[C@H]2CCN(C(=O)N3CCC(Oc4ccc(Cl)c(-c5ccc(Cl)cc5)c4)CC3)CC2N1. The van der Waals surface area contributed by atoms with Crippen LogP contribution in [0.25, 0.3) is 11.1 Å². The molecule has 3 aliphatic rings. The van der Waals surface area contributed by atoms with E-state index in [1.807, 2.05) is 52.3 Å². The molecule has 34 heavy (non-hydrogen) atoms. The maximum absolute atomic E-state index is 13.1. The molecular formula is C25H27Cl2N3O4. The maximum atomic E-state index is 13.1. The highest BCUT2D eigenvalue weighted by Gasteiger charge is 2.38. The zero-order valence-corrected chi connectivity index (χ0v) is 20.2. The summed E-state index contributed by atoms with van der Waals surface area (Å²) in [6.45, 7) is 2.51. The van der Waals surface area contributed by atoms with Crippen LogP contribution in [0.5, 0.6) is 5.75 Å². The number of hydrogen-bond acceptors (Lipinski definition) is 4. The summed E-state index contributed by atoms with van der Waals surface area (Å²) < 4.78 is 11.8. The second-order valence-electron chi connectivity index (χ2n) is 8.99. The van der Waals surface area contributed by atoms with Crippen molar-refractivity contribution >= 4 is 35.1 Å². The number of carbonyl (C=O) groups excluding carboxylic acids is 2. The molecule has 2 aromatic rings. The normalized spacial score (nSPS) is 23.3. The van der Waals surface area contributed by atoms with Crippen molar-refractivity contribution in [3.8, 4) is 16.9 Å². The van der Waals surface area contributed by atoms with Crippen LogP contribution in [0.2, 0.25) is 10.0 Å². The van der Waals surface area contributed by atoms with Gasteiger partial charge in [-0.25, -0.2) is 4.79 Å². The van der Waals surface area contributed by atoms with Crippen LogP contribution in [0.15, 0.2) is 42.5 Å². The van der Waals surface area contributed by atoms with Crippen molar-refractivity contribution < 1.29 is 19.1 Å². The minimum absolute atomic E-state index is 0.00183. The van der Waals surface area contributed by atoms with Crippen LogP contribution < -0.4 is 10.1 Å². The summed E-state index contributed by atoms with van der Waals surface area (Å²) in [6.07, 6.45) is 2.27. The number of fused-ring (bicyclic) bond motifs is 1. The van der Waals surface area contributed by atoms with Gasteiger partial charge in [0.25, 0.3) is 0 Å². The Hall–Kier alpha value is -2.48. The van der Waals surface area contributed by atoms with Gasteiger partial charge in [-0.05, 0) is 42.3 Å². The summed E-state index contributed by atoms with van der Waals surface area (Å²) in [5.41, 5.74) is 1.87. The molecule has 3 heterocycles. The van der Waals surface area contributed by atoms with Crippen LogP contribution in [-0.4, -0.2) is 72.8 Å². The van der Waals surface area contributed by atoms with Gasteiger partial charge in [-0.15, -0.1) is 0 Å². The predicted octanol–water partition coefficient (Wildman–Crippen LogP) is 4.21. The molecular weight excluding hydrogens is 477 g/mol. The second kappa shape index (κ2) is 10.0. The monoisotopic (exact) mass is 503 g/mol. The van der Waals surface area contributed by atoms with Gasteiger partial charge < -0.3 is 24.6 Å². The lowest BCUT2D eigenvalue weighted by Crippen LogP contribution is -2.62. The molecule has 0 spiro atoms. The quantitative estimate of drug-likeness (QED) is 0.680. The molecule has 3 saturated heterocycles. The van der Waals surface area contributed by atoms with Crippen molar-refractivity contribution in [2.24, 2.45) is 0 Å². The highest BCUT2D eigenvalue weighted by Crippen LogP contribution is 2.33. The first kappa shape index (κ1) is 23.3. The number of benzene rings is 2. The molecule has 3 fully saturated rings. The van der Waals surface area contributed by atoms with Crippen molar-refractivity contribution in [2.45, 2.75) is 37.5 Å². The number of halogens is 2. The number of urea groups is 1. The summed E-state index contributed by atoms with van der Waals surface area (Å²) in [4.78, 5) is 28.4. The van der Waals surface area contributed by atoms with Gasteiger partial charge in [-0.3, -0.25) is 4.79 Å². The highest BCUT2D eigenvalue weighted by molar-refractivity contribution is 6.33. The van der Waals surface area contributed by atoms with Crippen LogP contribution in [0.3, 0.4) is 0 Å². The Balaban J connectivity index is 1.16. The van der Waals surface area contributed by atoms with Gasteiger partial charge in [0.15, 0.2) is 0 Å². The van der Waals surface area contributed by atoms with E-state index in [0.29, 0.717) is 36.2 Å². The number of carbonyl (C=O) groups is 2. The van der Waals surface area contributed by atoms with E-state index < -0.39 is 0 Å². The van der Waals surface area contributed by atoms with E-state index in [1.54, 1.807) is 0 Å². The third-order valence-electron chi connectivity index (χ3n) is 6.70. The van der Waals surface area contributed by atoms with Crippen molar-refractivity contribution in [2.75, 3.05) is 32.8 Å². The summed E-state index contributed by atoms with van der Waals surface area (Å²) in [5.74, 6) is 0.643. The van der Waals surface area contributed by atoms with Gasteiger partial charge in [0.1, 0.15) is 18.5 Å². The summed E-state index contributed by atoms with van der Waals surface area (Å²) >= 11 is 12.4. The Morgan fingerprint density at radius 2 is 1.74 bits per heavy atom. The predicted molar refractivity (Wildman–Crippen MR) is 130 cm³/mol. The molecule has 3 amide bonds. The molecule has 2 aromatic carbocycles. The first-order valence-electron chi connectivity index (χ1n) is 11.6. The third-order valence-corrected chi connectivity index (χ3v) is 7.28. The van der Waals surface area contributed by atoms with E-state index in [4.69, 9.17) is 32.7 Å². The van der Waals surface area contributed by atoms with Crippen molar-refractivity contribution in [1.82, 2.24) is 15.1 Å². The Bertz CT molecular complexity index is 1060. The molecule has 7 nitrogen and oxygen atoms in total. The van der Waals surface area contributed by atoms with Gasteiger partial charge in [-0.1, -0.05) is 35.3 Å². The molecule has 0 aromatic heterocycles. The van der Waals surface area contributed by atoms with E-state index in [-0.39, 0.29) is 36.8 Å². The number of piperidine rings is 2. The number of rotatable bonds is 3. The van der Waals surface area contributed by atoms with Gasteiger partial charge in [0, 0.05) is 54.6 Å². The fourth-order valence-corrected chi connectivity index (χ4v) is 5.21. The van der Waals surface area contributed by atoms with E-state index >= 15 is 0 Å². The number of morpholine rings is 1. The Morgan fingerprint density at radius 1 is 1.00 bits per heavy atom. The number of likely N-dealkylation sites (tertiary alicyclic amines) is 2. The minimum Gasteiger partial charge on any atom is -0.490 e. The summed E-state index contributed by atoms with van der Waals surface area (Å²) in [5, 5.41) is 4.28. The fourth-order valence-electron chi connectivity index (χ4n) is 4.86. The zero-order chi connectivity index (χ0) is 23.7. The fraction of sp³-hybridized carbons (Fsp3) is 0.440. The molecule has 0 bridgehead atoms. The second-order valence-corrected chi connectivity index (χ2v) is 9.84. The van der Waals surface area contributed by atoms with Crippen molar-refractivity contribution in [3.05, 3.63) is 52.5 Å². The molecule has 5 rings (SSSR count). The number of ether oxygens (including phenoxy) is 2. The summed E-state index contributed by atoms with van der Waals surface area (Å²) in [7, 11) is 0. The maximum Gasteiger partial charge on any atom is 0.320 e. The van der Waals surface area contributed by atoms with E-state index in [2.05, 4.69) is 5.32 Å². The van der Waals surface area contributed by atoms with Gasteiger partial charge in [0.05, 0.1) is 12.1 Å². The lowest BCUT2D eigenvalue weighted by atomic mass is 10.0. The largest absolute Gasteiger partial charge is 0.490 e. The van der Waals surface area contributed by atoms with Crippen molar-refractivity contribution in [1.29, 1.82) is 0 Å². The average Bonchev–Trinajstić information content (AvgIpc) is 2.85. The average molecular weight is 504 g/mol. The summed E-state index contributed by atoms with van der Waals surface area (Å²) in [6, 6.07) is 13.1. The van der Waals surface area contributed by atoms with Crippen molar-refractivity contribution in [3.63, 3.8) is 0 Å². The Morgan fingerprint density at radius 3 is 2.50 bits per heavy atom. The zero-order valence-electron chi connectivity index (χ0n) is 18.7. The van der Waals surface area contributed by atoms with E-state index in [1.165, 1.54) is 0 Å². The van der Waals surface area contributed by atoms with Crippen LogP contribution >= 0.6 is 23.2 Å². The molecule has 1 unspecified atom stereocenters.